The molecule has 3 aromatic carbocycles. The molecule has 0 saturated heterocycles. The molecule has 0 bridgehead atoms. The van der Waals surface area contributed by atoms with Gasteiger partial charge in [0.2, 0.25) is 0 Å². The minimum Gasteiger partial charge on any atom is -0.494 e. The van der Waals surface area contributed by atoms with Gasteiger partial charge in [0.1, 0.15) is 11.5 Å². The molecular formula is C31H30NO7+. The lowest BCUT2D eigenvalue weighted by atomic mass is 10.0. The van der Waals surface area contributed by atoms with E-state index in [0.29, 0.717) is 37.4 Å². The van der Waals surface area contributed by atoms with Crippen LogP contribution in [0.4, 0.5) is 0 Å². The lowest BCUT2D eigenvalue weighted by Crippen LogP contribution is -2.15. The fourth-order valence-corrected chi connectivity index (χ4v) is 3.35. The number of benzene rings is 3. The summed E-state index contributed by atoms with van der Waals surface area (Å²) in [5, 5.41) is 0. The standard InChI is InChI=1S/C31H30NO7/c1-4-29(33)38-18-6-5-17-37-25-12-14-26(15-13-25)39-31(35)27-16-11-24(19-28(27)30(34)36-3)21-32-20-23-9-7-22(2)8-10-23/h4,7-16,19-21H,1,5-6,17-18H2,2-3H3/q+1. The molecule has 200 valence electrons. The van der Waals surface area contributed by atoms with Gasteiger partial charge in [0.05, 0.1) is 42.6 Å². The van der Waals surface area contributed by atoms with Crippen molar-refractivity contribution in [2.75, 3.05) is 20.3 Å². The second kappa shape index (κ2) is 14.7. The molecule has 3 rings (SSSR count). The number of rotatable bonds is 12. The van der Waals surface area contributed by atoms with E-state index in [1.165, 1.54) is 19.2 Å². The van der Waals surface area contributed by atoms with Crippen LogP contribution >= 0.6 is 0 Å². The van der Waals surface area contributed by atoms with E-state index in [9.17, 15) is 14.4 Å². The molecule has 0 aliphatic carbocycles. The van der Waals surface area contributed by atoms with Crippen LogP contribution in [0.15, 0.2) is 79.4 Å². The maximum atomic E-state index is 12.9. The van der Waals surface area contributed by atoms with E-state index in [-0.39, 0.29) is 16.9 Å². The van der Waals surface area contributed by atoms with Gasteiger partial charge in [-0.05, 0) is 74.4 Å². The number of hydrogen-bond donors (Lipinski definition) is 0. The van der Waals surface area contributed by atoms with E-state index >= 15 is 0 Å². The molecule has 0 saturated carbocycles. The lowest BCUT2D eigenvalue weighted by molar-refractivity contribution is -0.137. The van der Waals surface area contributed by atoms with Crippen LogP contribution in [-0.4, -0.2) is 50.7 Å². The second-order valence-electron chi connectivity index (χ2n) is 8.40. The van der Waals surface area contributed by atoms with E-state index < -0.39 is 17.9 Å². The summed E-state index contributed by atoms with van der Waals surface area (Å²) in [5.41, 5.74) is 2.85. The summed E-state index contributed by atoms with van der Waals surface area (Å²) in [6, 6.07) is 19.1. The van der Waals surface area contributed by atoms with Crippen LogP contribution in [0.2, 0.25) is 0 Å². The molecule has 0 amide bonds. The van der Waals surface area contributed by atoms with Crippen molar-refractivity contribution in [2.24, 2.45) is 0 Å². The molecule has 8 heteroatoms. The Morgan fingerprint density at radius 2 is 1.44 bits per heavy atom. The smallest absolute Gasteiger partial charge is 0.344 e. The Bertz CT molecular complexity index is 1370. The highest BCUT2D eigenvalue weighted by Gasteiger charge is 2.20. The number of unbranched alkanes of at least 4 members (excludes halogenated alkanes) is 1. The van der Waals surface area contributed by atoms with Gasteiger partial charge in [-0.1, -0.05) is 28.9 Å². The highest BCUT2D eigenvalue weighted by Crippen LogP contribution is 2.21. The molecule has 8 nitrogen and oxygen atoms in total. The van der Waals surface area contributed by atoms with Crippen LogP contribution in [0.5, 0.6) is 11.5 Å². The molecule has 0 N–H and O–H groups in total. The van der Waals surface area contributed by atoms with Crippen LogP contribution in [0.25, 0.3) is 0 Å². The molecule has 0 heterocycles. The van der Waals surface area contributed by atoms with Gasteiger partial charge in [0.25, 0.3) is 12.4 Å². The number of methoxy groups -OCH3 is 1. The average Bonchev–Trinajstić information content (AvgIpc) is 2.96. The second-order valence-corrected chi connectivity index (χ2v) is 8.40. The van der Waals surface area contributed by atoms with Gasteiger partial charge in [-0.15, -0.1) is 0 Å². The Morgan fingerprint density at radius 3 is 2.13 bits per heavy atom. The summed E-state index contributed by atoms with van der Waals surface area (Å²) < 4.78 is 25.2. The number of aryl methyl sites for hydroxylation is 1. The molecule has 0 aliphatic heterocycles. The fraction of sp³-hybridized carbons (Fsp3) is 0.194. The van der Waals surface area contributed by atoms with Crippen molar-refractivity contribution in [2.45, 2.75) is 19.8 Å². The molecule has 0 aliphatic rings. The molecule has 0 spiro atoms. The van der Waals surface area contributed by atoms with Crippen molar-refractivity contribution < 1.29 is 33.3 Å². The van der Waals surface area contributed by atoms with Gasteiger partial charge in [0, 0.05) is 6.08 Å². The first kappa shape index (κ1) is 28.6. The Labute approximate surface area is 227 Å². The fourth-order valence-electron chi connectivity index (χ4n) is 3.35. The average molecular weight is 529 g/mol. The first-order valence-electron chi connectivity index (χ1n) is 12.3. The number of hydrogen-bond acceptors (Lipinski definition) is 7. The molecule has 0 unspecified atom stereocenters. The predicted octanol–water partition coefficient (Wildman–Crippen LogP) is 4.49. The summed E-state index contributed by atoms with van der Waals surface area (Å²) in [5.74, 6) is -0.926. The lowest BCUT2D eigenvalue weighted by Gasteiger charge is -2.10. The van der Waals surface area contributed by atoms with Crippen LogP contribution in [0.1, 0.15) is 50.2 Å². The van der Waals surface area contributed by atoms with Crippen molar-refractivity contribution in [1.82, 2.24) is 4.67 Å². The maximum Gasteiger partial charge on any atom is 0.344 e. The Balaban J connectivity index is 1.61. The van der Waals surface area contributed by atoms with Gasteiger partial charge in [-0.25, -0.2) is 14.4 Å². The summed E-state index contributed by atoms with van der Waals surface area (Å²) in [4.78, 5) is 36.3. The maximum absolute atomic E-state index is 12.9. The van der Waals surface area contributed by atoms with Gasteiger partial charge < -0.3 is 18.9 Å². The summed E-state index contributed by atoms with van der Waals surface area (Å²) in [7, 11) is 1.25. The van der Waals surface area contributed by atoms with E-state index in [1.807, 2.05) is 31.2 Å². The third kappa shape index (κ3) is 9.14. The number of esters is 3. The van der Waals surface area contributed by atoms with Crippen molar-refractivity contribution in [3.05, 3.63) is 107 Å². The Hall–Kier alpha value is -4.94. The van der Waals surface area contributed by atoms with Crippen molar-refractivity contribution in [1.29, 1.82) is 0 Å². The van der Waals surface area contributed by atoms with Crippen molar-refractivity contribution in [3.63, 3.8) is 0 Å². The van der Waals surface area contributed by atoms with E-state index in [4.69, 9.17) is 18.9 Å². The Morgan fingerprint density at radius 1 is 0.795 bits per heavy atom. The van der Waals surface area contributed by atoms with Crippen LogP contribution in [0.3, 0.4) is 0 Å². The highest BCUT2D eigenvalue weighted by molar-refractivity contribution is 6.05. The third-order valence-electron chi connectivity index (χ3n) is 5.45. The zero-order valence-electron chi connectivity index (χ0n) is 21.9. The number of ether oxygens (including phenoxy) is 4. The number of carbonyl (C=O) groups is 3. The summed E-state index contributed by atoms with van der Waals surface area (Å²) in [6.45, 7) is 6.09. The summed E-state index contributed by atoms with van der Waals surface area (Å²) >= 11 is 0. The topological polar surface area (TPSA) is 102 Å². The van der Waals surface area contributed by atoms with Crippen LogP contribution in [-0.2, 0) is 14.3 Å². The predicted molar refractivity (Wildman–Crippen MR) is 149 cm³/mol. The van der Waals surface area contributed by atoms with Crippen LogP contribution < -0.4 is 14.1 Å². The van der Waals surface area contributed by atoms with Gasteiger partial charge in [-0.2, -0.15) is 0 Å². The van der Waals surface area contributed by atoms with E-state index in [2.05, 4.69) is 11.2 Å². The molecule has 0 atom stereocenters. The summed E-state index contributed by atoms with van der Waals surface area (Å²) in [6.07, 6.45) is 5.77. The minimum absolute atomic E-state index is 0.0685. The highest BCUT2D eigenvalue weighted by atomic mass is 16.5. The van der Waals surface area contributed by atoms with Crippen molar-refractivity contribution >= 4 is 30.3 Å². The molecular weight excluding hydrogens is 498 g/mol. The molecule has 0 aromatic heterocycles. The molecule has 0 radical (unpaired) electrons. The third-order valence-corrected chi connectivity index (χ3v) is 5.45. The van der Waals surface area contributed by atoms with Crippen molar-refractivity contribution in [3.8, 4) is 11.5 Å². The largest absolute Gasteiger partial charge is 0.494 e. The number of carbonyl (C=O) groups excluding carboxylic acids is 3. The quantitative estimate of drug-likeness (QED) is 0.0852. The molecule has 3 aromatic rings. The SMILES string of the molecule is C=CC(=O)OCCCCOc1ccc(OC(=O)c2ccc(C=[N+]=Cc3ccc(C)cc3)cc2C(=O)OC)cc1. The first-order valence-corrected chi connectivity index (χ1v) is 12.3. The minimum atomic E-state index is -0.701. The van der Waals surface area contributed by atoms with E-state index in [1.54, 1.807) is 42.8 Å². The molecule has 0 fully saturated rings. The molecule has 39 heavy (non-hydrogen) atoms. The van der Waals surface area contributed by atoms with E-state index in [0.717, 1.165) is 17.2 Å². The van der Waals surface area contributed by atoms with Gasteiger partial charge >= 0.3 is 17.9 Å². The van der Waals surface area contributed by atoms with Gasteiger partial charge in [-0.3, -0.25) is 0 Å². The first-order chi connectivity index (χ1) is 18.9. The van der Waals surface area contributed by atoms with Crippen LogP contribution in [0, 0.1) is 6.92 Å². The monoisotopic (exact) mass is 528 g/mol. The zero-order chi connectivity index (χ0) is 28.0. The normalized spacial score (nSPS) is 10.0. The van der Waals surface area contributed by atoms with Gasteiger partial charge in [0.15, 0.2) is 0 Å². The number of nitrogens with zero attached hydrogens (tertiary/aromatic N) is 1. The zero-order valence-corrected chi connectivity index (χ0v) is 21.9. The Kier molecular flexibility index (Phi) is 10.8.